The summed E-state index contributed by atoms with van der Waals surface area (Å²) in [6.07, 6.45) is -0.299. The molecule has 3 aromatic rings. The largest absolute Gasteiger partial charge is 0.445 e. The van der Waals surface area contributed by atoms with Crippen LogP contribution in [0, 0.1) is 11.3 Å². The molecule has 15 nitrogen and oxygen atoms in total. The van der Waals surface area contributed by atoms with Gasteiger partial charge in [0.25, 0.3) is 5.91 Å². The summed E-state index contributed by atoms with van der Waals surface area (Å²) in [6, 6.07) is 21.9. The molecule has 0 saturated heterocycles. The lowest BCUT2D eigenvalue weighted by atomic mass is 9.98. The fraction of sp³-hybridized carbons (Fsp3) is 0.359. The smallest absolute Gasteiger partial charge is 0.408 e. The van der Waals surface area contributed by atoms with Crippen LogP contribution >= 0.6 is 0 Å². The second kappa shape index (κ2) is 22.0. The predicted octanol–water partition coefficient (Wildman–Crippen LogP) is 1.58. The van der Waals surface area contributed by atoms with E-state index in [9.17, 15) is 28.8 Å². The van der Waals surface area contributed by atoms with Crippen LogP contribution in [0.4, 0.5) is 4.79 Å². The summed E-state index contributed by atoms with van der Waals surface area (Å²) in [6.45, 7) is 3.91. The molecule has 15 heteroatoms. The SMILES string of the molecule is CC(C)CC(NC(=O)C(Cc1ccccc1)NC(=O)OCc1ccccc1)C(=O)NC(Cc1ccccc1)C(=O)C(=O)NC(CCCNC(=N)N)C(N)=O. The number of hydrogen-bond donors (Lipinski definition) is 8. The van der Waals surface area contributed by atoms with Gasteiger partial charge < -0.3 is 42.8 Å². The van der Waals surface area contributed by atoms with Crippen molar-refractivity contribution in [3.8, 4) is 0 Å². The zero-order chi connectivity index (χ0) is 39.5. The molecule has 4 unspecified atom stereocenters. The van der Waals surface area contributed by atoms with E-state index in [0.717, 1.165) is 11.1 Å². The van der Waals surface area contributed by atoms with Gasteiger partial charge in [0.05, 0.1) is 0 Å². The van der Waals surface area contributed by atoms with Crippen molar-refractivity contribution in [1.29, 1.82) is 5.41 Å². The van der Waals surface area contributed by atoms with Crippen LogP contribution in [0.3, 0.4) is 0 Å². The van der Waals surface area contributed by atoms with Crippen LogP contribution in [-0.4, -0.2) is 72.2 Å². The molecule has 0 heterocycles. The highest BCUT2D eigenvalue weighted by Gasteiger charge is 2.34. The summed E-state index contributed by atoms with van der Waals surface area (Å²) < 4.78 is 5.37. The molecule has 3 aromatic carbocycles. The summed E-state index contributed by atoms with van der Waals surface area (Å²) in [7, 11) is 0. The summed E-state index contributed by atoms with van der Waals surface area (Å²) in [4.78, 5) is 79.7. The number of benzene rings is 3. The Kier molecular flexibility index (Phi) is 17.1. The van der Waals surface area contributed by atoms with Crippen LogP contribution < -0.4 is 38.1 Å². The van der Waals surface area contributed by atoms with Gasteiger partial charge in [0, 0.05) is 19.4 Å². The highest BCUT2D eigenvalue weighted by Crippen LogP contribution is 2.11. The number of ketones is 1. The third-order valence-electron chi connectivity index (χ3n) is 8.22. The van der Waals surface area contributed by atoms with Gasteiger partial charge >= 0.3 is 6.09 Å². The molecule has 0 aromatic heterocycles. The van der Waals surface area contributed by atoms with Gasteiger partial charge in [-0.25, -0.2) is 4.79 Å². The van der Waals surface area contributed by atoms with E-state index in [1.807, 2.05) is 38.1 Å². The molecule has 10 N–H and O–H groups in total. The highest BCUT2D eigenvalue weighted by molar-refractivity contribution is 6.38. The van der Waals surface area contributed by atoms with Gasteiger partial charge in [-0.15, -0.1) is 0 Å². The van der Waals surface area contributed by atoms with Gasteiger partial charge in [-0.1, -0.05) is 105 Å². The van der Waals surface area contributed by atoms with Crippen molar-refractivity contribution in [3.05, 3.63) is 108 Å². The summed E-state index contributed by atoms with van der Waals surface area (Å²) >= 11 is 0. The number of amides is 5. The monoisotopic (exact) mass is 742 g/mol. The highest BCUT2D eigenvalue weighted by atomic mass is 16.5. The maximum Gasteiger partial charge on any atom is 0.408 e. The number of alkyl carbamates (subject to hydrolysis) is 1. The average molecular weight is 743 g/mol. The van der Waals surface area contributed by atoms with Crippen molar-refractivity contribution in [1.82, 2.24) is 26.6 Å². The molecule has 0 bridgehead atoms. The second-order valence-electron chi connectivity index (χ2n) is 13.2. The van der Waals surface area contributed by atoms with Crippen LogP contribution in [0.5, 0.6) is 0 Å². The van der Waals surface area contributed by atoms with Crippen molar-refractivity contribution < 1.29 is 33.5 Å². The Balaban J connectivity index is 1.79. The third-order valence-corrected chi connectivity index (χ3v) is 8.22. The maximum atomic E-state index is 13.9. The van der Waals surface area contributed by atoms with Crippen LogP contribution in [-0.2, 0) is 48.2 Å². The normalized spacial score (nSPS) is 12.9. The molecular formula is C39H50N8O7. The molecule has 0 fully saturated rings. The van der Waals surface area contributed by atoms with E-state index < -0.39 is 59.7 Å². The number of carbonyl (C=O) groups is 6. The number of nitrogens with one attached hydrogen (secondary N) is 6. The number of rotatable bonds is 21. The quantitative estimate of drug-likeness (QED) is 0.0341. The molecule has 0 aliphatic carbocycles. The second-order valence-corrected chi connectivity index (χ2v) is 13.2. The van der Waals surface area contributed by atoms with Crippen LogP contribution in [0.2, 0.25) is 0 Å². The van der Waals surface area contributed by atoms with E-state index in [2.05, 4.69) is 26.6 Å². The van der Waals surface area contributed by atoms with Crippen molar-refractivity contribution in [3.63, 3.8) is 0 Å². The molecule has 54 heavy (non-hydrogen) atoms. The van der Waals surface area contributed by atoms with E-state index >= 15 is 0 Å². The Morgan fingerprint density at radius 2 is 1.15 bits per heavy atom. The molecule has 0 aliphatic heterocycles. The molecular weight excluding hydrogens is 692 g/mol. The van der Waals surface area contributed by atoms with E-state index in [-0.39, 0.29) is 50.7 Å². The number of nitrogens with two attached hydrogens (primary N) is 2. The molecule has 288 valence electrons. The van der Waals surface area contributed by atoms with Crippen molar-refractivity contribution >= 4 is 41.5 Å². The average Bonchev–Trinajstić information content (AvgIpc) is 3.14. The Bertz CT molecular complexity index is 1710. The first kappa shape index (κ1) is 42.2. The van der Waals surface area contributed by atoms with Crippen molar-refractivity contribution in [2.45, 2.75) is 76.7 Å². The first-order valence-electron chi connectivity index (χ1n) is 17.7. The summed E-state index contributed by atoms with van der Waals surface area (Å²) in [5.41, 5.74) is 12.9. The molecule has 5 amide bonds. The van der Waals surface area contributed by atoms with Gasteiger partial charge in [0.2, 0.25) is 23.5 Å². The number of Topliss-reactive ketones (excluding diaryl/α,β-unsaturated/α-hetero) is 1. The molecule has 3 rings (SSSR count). The number of carbonyl (C=O) groups excluding carboxylic acids is 6. The minimum atomic E-state index is -1.38. The van der Waals surface area contributed by atoms with Crippen molar-refractivity contribution in [2.75, 3.05) is 6.54 Å². The van der Waals surface area contributed by atoms with E-state index in [4.69, 9.17) is 21.6 Å². The lowest BCUT2D eigenvalue weighted by Gasteiger charge is -2.26. The van der Waals surface area contributed by atoms with Gasteiger partial charge in [0.15, 0.2) is 5.96 Å². The maximum absolute atomic E-state index is 13.9. The Morgan fingerprint density at radius 3 is 1.67 bits per heavy atom. The fourth-order valence-electron chi connectivity index (χ4n) is 5.48. The van der Waals surface area contributed by atoms with Gasteiger partial charge in [-0.3, -0.25) is 29.4 Å². The Morgan fingerprint density at radius 1 is 0.648 bits per heavy atom. The summed E-state index contributed by atoms with van der Waals surface area (Å²) in [5, 5.41) is 20.2. The number of ether oxygens (including phenoxy) is 1. The lowest BCUT2D eigenvalue weighted by Crippen LogP contribution is -2.58. The standard InChI is InChI=1S/C39H50N8O7/c1-25(2)21-31(46-36(51)32(23-27-15-8-4-9-16-27)47-39(53)54-24-28-17-10-5-11-18-28)35(50)45-30(22-26-13-6-3-7-14-26)33(48)37(52)44-29(34(40)49)19-12-20-43-38(41)42/h3-11,13-18,25,29-32H,12,19-24H2,1-2H3,(H2,40,49)(H,44,52)(H,45,50)(H,46,51)(H,47,53)(H4,41,42,43). The first-order chi connectivity index (χ1) is 25.8. The molecule has 0 radical (unpaired) electrons. The van der Waals surface area contributed by atoms with E-state index in [1.54, 1.807) is 66.7 Å². The van der Waals surface area contributed by atoms with Crippen LogP contribution in [0.1, 0.15) is 49.8 Å². The number of primary amides is 1. The van der Waals surface area contributed by atoms with Gasteiger partial charge in [0.1, 0.15) is 30.8 Å². The van der Waals surface area contributed by atoms with Crippen LogP contribution in [0.25, 0.3) is 0 Å². The minimum absolute atomic E-state index is 0.0214. The van der Waals surface area contributed by atoms with Crippen LogP contribution in [0.15, 0.2) is 91.0 Å². The van der Waals surface area contributed by atoms with E-state index in [1.165, 1.54) is 0 Å². The lowest BCUT2D eigenvalue weighted by molar-refractivity contribution is -0.141. The Hall–Kier alpha value is -6.25. The Labute approximate surface area is 314 Å². The fourth-order valence-corrected chi connectivity index (χ4v) is 5.48. The van der Waals surface area contributed by atoms with E-state index in [0.29, 0.717) is 12.0 Å². The van der Waals surface area contributed by atoms with Gasteiger partial charge in [-0.2, -0.15) is 0 Å². The molecule has 0 saturated carbocycles. The first-order valence-corrected chi connectivity index (χ1v) is 17.7. The van der Waals surface area contributed by atoms with Crippen molar-refractivity contribution in [2.24, 2.45) is 17.4 Å². The predicted molar refractivity (Wildman–Crippen MR) is 202 cm³/mol. The zero-order valence-corrected chi connectivity index (χ0v) is 30.5. The molecule has 4 atom stereocenters. The zero-order valence-electron chi connectivity index (χ0n) is 30.5. The number of guanidine groups is 1. The number of hydrogen-bond acceptors (Lipinski definition) is 8. The molecule has 0 aliphatic rings. The topological polar surface area (TPSA) is 248 Å². The molecule has 0 spiro atoms. The third kappa shape index (κ3) is 15.2. The summed E-state index contributed by atoms with van der Waals surface area (Å²) in [5.74, 6) is -4.79. The van der Waals surface area contributed by atoms with Gasteiger partial charge in [-0.05, 0) is 41.9 Å². The minimum Gasteiger partial charge on any atom is -0.445 e.